The Balaban J connectivity index is 2.15. The third kappa shape index (κ3) is 2.88. The number of fused-ring (bicyclic) bond motifs is 1. The number of esters is 1. The van der Waals surface area contributed by atoms with Crippen LogP contribution in [0.3, 0.4) is 0 Å². The van der Waals surface area contributed by atoms with Crippen LogP contribution in [0, 0.1) is 0 Å². The minimum absolute atomic E-state index is 0.342. The Kier molecular flexibility index (Phi) is 3.97. The van der Waals surface area contributed by atoms with Gasteiger partial charge in [0.05, 0.1) is 6.61 Å². The van der Waals surface area contributed by atoms with E-state index in [1.54, 1.807) is 13.1 Å². The van der Waals surface area contributed by atoms with Crippen LogP contribution in [0.15, 0.2) is 54.7 Å². The first kappa shape index (κ1) is 12.2. The van der Waals surface area contributed by atoms with Gasteiger partial charge in [-0.2, -0.15) is 0 Å². The summed E-state index contributed by atoms with van der Waals surface area (Å²) in [6.07, 6.45) is 2.98. The summed E-state index contributed by atoms with van der Waals surface area (Å²) >= 11 is 0. The van der Waals surface area contributed by atoms with Crippen LogP contribution in [-0.4, -0.2) is 12.6 Å². The Labute approximate surface area is 106 Å². The summed E-state index contributed by atoms with van der Waals surface area (Å²) in [7, 11) is 0. The lowest BCUT2D eigenvalue weighted by atomic mass is 10.1. The summed E-state index contributed by atoms with van der Waals surface area (Å²) in [4.78, 5) is 11.1. The fraction of sp³-hybridized carbons (Fsp3) is 0.133. The molecule has 3 nitrogen and oxygen atoms in total. The van der Waals surface area contributed by atoms with Crippen LogP contribution >= 0.6 is 0 Å². The van der Waals surface area contributed by atoms with Crippen molar-refractivity contribution in [2.45, 2.75) is 6.92 Å². The van der Waals surface area contributed by atoms with Crippen molar-refractivity contribution in [2.75, 3.05) is 11.9 Å². The molecule has 92 valence electrons. The van der Waals surface area contributed by atoms with Crippen LogP contribution in [0.1, 0.15) is 6.92 Å². The maximum absolute atomic E-state index is 11.1. The number of hydrogen-bond acceptors (Lipinski definition) is 3. The first-order valence-corrected chi connectivity index (χ1v) is 5.89. The predicted octanol–water partition coefficient (Wildman–Crippen LogP) is 3.33. The quantitative estimate of drug-likeness (QED) is 0.659. The molecule has 0 spiro atoms. The van der Waals surface area contributed by atoms with Gasteiger partial charge in [-0.3, -0.25) is 0 Å². The van der Waals surface area contributed by atoms with Crippen molar-refractivity contribution >= 4 is 22.4 Å². The molecule has 0 radical (unpaired) electrons. The second-order valence-electron chi connectivity index (χ2n) is 3.76. The van der Waals surface area contributed by atoms with Gasteiger partial charge in [-0.1, -0.05) is 36.4 Å². The molecule has 0 aromatic heterocycles. The maximum atomic E-state index is 11.1. The summed E-state index contributed by atoms with van der Waals surface area (Å²) in [5.41, 5.74) is 0.966. The van der Waals surface area contributed by atoms with Crippen molar-refractivity contribution in [3.8, 4) is 0 Å². The number of rotatable bonds is 4. The minimum Gasteiger partial charge on any atom is -0.463 e. The molecule has 0 amide bonds. The minimum atomic E-state index is -0.342. The van der Waals surface area contributed by atoms with E-state index in [1.165, 1.54) is 6.08 Å². The van der Waals surface area contributed by atoms with Gasteiger partial charge in [-0.05, 0) is 18.4 Å². The van der Waals surface area contributed by atoms with Crippen LogP contribution in [0.2, 0.25) is 0 Å². The summed E-state index contributed by atoms with van der Waals surface area (Å²) in [6.45, 7) is 2.17. The Hall–Kier alpha value is -2.29. The van der Waals surface area contributed by atoms with Crippen molar-refractivity contribution in [2.24, 2.45) is 0 Å². The molecule has 1 N–H and O–H groups in total. The van der Waals surface area contributed by atoms with Crippen LogP contribution in [-0.2, 0) is 9.53 Å². The average Bonchev–Trinajstić information content (AvgIpc) is 2.39. The van der Waals surface area contributed by atoms with Gasteiger partial charge < -0.3 is 10.1 Å². The fourth-order valence-electron chi connectivity index (χ4n) is 1.74. The maximum Gasteiger partial charge on any atom is 0.332 e. The van der Waals surface area contributed by atoms with E-state index in [2.05, 4.69) is 17.4 Å². The van der Waals surface area contributed by atoms with Crippen LogP contribution in [0.4, 0.5) is 5.69 Å². The van der Waals surface area contributed by atoms with E-state index in [1.807, 2.05) is 30.3 Å². The highest BCUT2D eigenvalue weighted by molar-refractivity contribution is 5.94. The predicted molar refractivity (Wildman–Crippen MR) is 73.3 cm³/mol. The summed E-state index contributed by atoms with van der Waals surface area (Å²) < 4.78 is 4.80. The van der Waals surface area contributed by atoms with Gasteiger partial charge >= 0.3 is 5.97 Å². The molecule has 3 heteroatoms. The van der Waals surface area contributed by atoms with Gasteiger partial charge in [0, 0.05) is 23.3 Å². The summed E-state index contributed by atoms with van der Waals surface area (Å²) in [6, 6.07) is 14.1. The highest BCUT2D eigenvalue weighted by atomic mass is 16.5. The molecule has 18 heavy (non-hydrogen) atoms. The van der Waals surface area contributed by atoms with Gasteiger partial charge in [0.15, 0.2) is 0 Å². The summed E-state index contributed by atoms with van der Waals surface area (Å²) in [5, 5.41) is 5.37. The zero-order chi connectivity index (χ0) is 12.8. The first-order valence-electron chi connectivity index (χ1n) is 5.89. The normalized spacial score (nSPS) is 10.7. The van der Waals surface area contributed by atoms with Crippen LogP contribution in [0.5, 0.6) is 0 Å². The Morgan fingerprint density at radius 3 is 2.83 bits per heavy atom. The molecule has 0 unspecified atom stereocenters. The molecule has 0 bridgehead atoms. The van der Waals surface area contributed by atoms with Crippen molar-refractivity contribution < 1.29 is 9.53 Å². The van der Waals surface area contributed by atoms with Gasteiger partial charge in [0.2, 0.25) is 0 Å². The van der Waals surface area contributed by atoms with E-state index in [0.717, 1.165) is 16.5 Å². The number of anilines is 1. The first-order chi connectivity index (χ1) is 8.81. The molecule has 0 heterocycles. The van der Waals surface area contributed by atoms with E-state index in [-0.39, 0.29) is 5.97 Å². The molecule has 0 aliphatic rings. The van der Waals surface area contributed by atoms with E-state index >= 15 is 0 Å². The molecule has 0 fully saturated rings. The lowest BCUT2D eigenvalue weighted by Gasteiger charge is -2.05. The standard InChI is InChI=1S/C15H15NO2/c1-2-18-15(17)10-11-16-14-9-5-7-12-6-3-4-8-13(12)14/h3-11,16H,2H2,1H3/b11-10-. The van der Waals surface area contributed by atoms with Crippen molar-refractivity contribution in [1.82, 2.24) is 0 Å². The van der Waals surface area contributed by atoms with Crippen LogP contribution in [0.25, 0.3) is 10.8 Å². The Bertz CT molecular complexity index is 570. The third-order valence-electron chi connectivity index (χ3n) is 2.53. The van der Waals surface area contributed by atoms with E-state index < -0.39 is 0 Å². The largest absolute Gasteiger partial charge is 0.463 e. The Morgan fingerprint density at radius 1 is 1.22 bits per heavy atom. The molecule has 0 saturated heterocycles. The van der Waals surface area contributed by atoms with E-state index in [0.29, 0.717) is 6.61 Å². The van der Waals surface area contributed by atoms with Crippen molar-refractivity contribution in [3.63, 3.8) is 0 Å². The number of carbonyl (C=O) groups is 1. The number of carbonyl (C=O) groups excluding carboxylic acids is 1. The zero-order valence-electron chi connectivity index (χ0n) is 10.2. The molecule has 2 aromatic carbocycles. The van der Waals surface area contributed by atoms with Gasteiger partial charge in [-0.15, -0.1) is 0 Å². The highest BCUT2D eigenvalue weighted by Gasteiger charge is 1.98. The lowest BCUT2D eigenvalue weighted by Crippen LogP contribution is -2.00. The number of nitrogens with one attached hydrogen (secondary N) is 1. The molecule has 2 aromatic rings. The molecular weight excluding hydrogens is 226 g/mol. The van der Waals surface area contributed by atoms with E-state index in [9.17, 15) is 4.79 Å². The summed E-state index contributed by atoms with van der Waals surface area (Å²) in [5.74, 6) is -0.342. The highest BCUT2D eigenvalue weighted by Crippen LogP contribution is 2.22. The smallest absolute Gasteiger partial charge is 0.332 e. The zero-order valence-corrected chi connectivity index (χ0v) is 10.2. The van der Waals surface area contributed by atoms with Crippen molar-refractivity contribution in [1.29, 1.82) is 0 Å². The molecule has 0 aliphatic heterocycles. The average molecular weight is 241 g/mol. The topological polar surface area (TPSA) is 38.3 Å². The van der Waals surface area contributed by atoms with E-state index in [4.69, 9.17) is 4.74 Å². The second-order valence-corrected chi connectivity index (χ2v) is 3.76. The molecular formula is C15H15NO2. The lowest BCUT2D eigenvalue weighted by molar-refractivity contribution is -0.137. The van der Waals surface area contributed by atoms with Gasteiger partial charge in [0.1, 0.15) is 0 Å². The van der Waals surface area contributed by atoms with Gasteiger partial charge in [0.25, 0.3) is 0 Å². The Morgan fingerprint density at radius 2 is 2.00 bits per heavy atom. The monoisotopic (exact) mass is 241 g/mol. The molecule has 0 atom stereocenters. The fourth-order valence-corrected chi connectivity index (χ4v) is 1.74. The van der Waals surface area contributed by atoms with Crippen LogP contribution < -0.4 is 5.32 Å². The van der Waals surface area contributed by atoms with Crippen molar-refractivity contribution in [3.05, 3.63) is 54.7 Å². The van der Waals surface area contributed by atoms with Gasteiger partial charge in [-0.25, -0.2) is 4.79 Å². The number of benzene rings is 2. The molecule has 0 saturated carbocycles. The third-order valence-corrected chi connectivity index (χ3v) is 2.53. The second kappa shape index (κ2) is 5.87. The SMILES string of the molecule is CCOC(=O)/C=C\Nc1cccc2ccccc12. The number of ether oxygens (including phenoxy) is 1. The number of hydrogen-bond donors (Lipinski definition) is 1. The molecule has 0 aliphatic carbocycles. The molecule has 2 rings (SSSR count).